The predicted molar refractivity (Wildman–Crippen MR) is 47.5 cm³/mol. The van der Waals surface area contributed by atoms with Gasteiger partial charge in [-0.05, 0) is 0 Å². The molecular weight excluding hydrogens is 186 g/mol. The molecule has 0 aromatic carbocycles. The van der Waals surface area contributed by atoms with E-state index >= 15 is 0 Å². The van der Waals surface area contributed by atoms with Crippen LogP contribution in [0.5, 0.6) is 0 Å². The fraction of sp³-hybridized carbons (Fsp3) is 1.00. The standard InChI is InChI=1S/3CH4.ClH.Co.4H3N/h3*1H4;1H;;4*1H3. The Morgan fingerprint density at radius 3 is 0.444 bits per heavy atom. The maximum absolute atomic E-state index is 0. The van der Waals surface area contributed by atoms with Gasteiger partial charge in [-0.2, -0.15) is 0 Å². The Hall–Kier alpha value is 0.636. The second kappa shape index (κ2) is 1240. The average molecular weight is 212 g/mol. The van der Waals surface area contributed by atoms with E-state index in [0.717, 1.165) is 0 Å². The van der Waals surface area contributed by atoms with Crippen molar-refractivity contribution in [1.82, 2.24) is 24.6 Å². The summed E-state index contributed by atoms with van der Waals surface area (Å²) in [6.07, 6.45) is 0. The van der Waals surface area contributed by atoms with Gasteiger partial charge in [-0.25, -0.2) is 0 Å². The van der Waals surface area contributed by atoms with E-state index in [0.29, 0.717) is 0 Å². The topological polar surface area (TPSA) is 140 Å². The van der Waals surface area contributed by atoms with Gasteiger partial charge in [0, 0.05) is 16.8 Å². The Morgan fingerprint density at radius 2 is 0.444 bits per heavy atom. The first-order valence-electron chi connectivity index (χ1n) is 0. The summed E-state index contributed by atoms with van der Waals surface area (Å²) in [6, 6.07) is 0. The van der Waals surface area contributed by atoms with Crippen LogP contribution in [0, 0.1) is 0 Å². The smallest absolute Gasteiger partial charge is 0 e. The first-order valence-corrected chi connectivity index (χ1v) is 0. The molecule has 0 aliphatic rings. The van der Waals surface area contributed by atoms with Crippen molar-refractivity contribution in [2.45, 2.75) is 22.3 Å². The summed E-state index contributed by atoms with van der Waals surface area (Å²) in [5, 5.41) is 0. The Bertz CT molecular complexity index is 15.8. The molecule has 0 aliphatic carbocycles. The van der Waals surface area contributed by atoms with Crippen molar-refractivity contribution in [3.63, 3.8) is 0 Å². The molecule has 73 valence electrons. The third kappa shape index (κ3) is 939. The SMILES string of the molecule is C.C.C.Cl.N.N.N.N.[Co]. The monoisotopic (exact) mass is 211 g/mol. The molecule has 0 saturated carbocycles. The molecule has 12 N–H and O–H groups in total. The number of hydrogen-bond acceptors (Lipinski definition) is 4. The minimum absolute atomic E-state index is 0. The zero-order chi connectivity index (χ0) is 0. The molecule has 9 heavy (non-hydrogen) atoms. The first kappa shape index (κ1) is 1770. The van der Waals surface area contributed by atoms with Gasteiger partial charge >= 0.3 is 0 Å². The van der Waals surface area contributed by atoms with Crippen molar-refractivity contribution in [1.29, 1.82) is 0 Å². The summed E-state index contributed by atoms with van der Waals surface area (Å²) in [7, 11) is 0. The molecule has 0 amide bonds. The van der Waals surface area contributed by atoms with Crippen LogP contribution in [0.3, 0.4) is 0 Å². The van der Waals surface area contributed by atoms with Crippen molar-refractivity contribution in [2.24, 2.45) is 0 Å². The van der Waals surface area contributed by atoms with Crippen LogP contribution >= 0.6 is 12.4 Å². The van der Waals surface area contributed by atoms with Gasteiger partial charge in [0.1, 0.15) is 0 Å². The molecule has 6 heteroatoms. The van der Waals surface area contributed by atoms with Gasteiger partial charge < -0.3 is 24.6 Å². The largest absolute Gasteiger partial charge is 0.344 e. The van der Waals surface area contributed by atoms with Crippen LogP contribution in [0.4, 0.5) is 0 Å². The third-order valence-electron chi connectivity index (χ3n) is 0. The van der Waals surface area contributed by atoms with Crippen molar-refractivity contribution in [3.05, 3.63) is 0 Å². The van der Waals surface area contributed by atoms with E-state index in [-0.39, 0.29) is 76.1 Å². The van der Waals surface area contributed by atoms with Crippen molar-refractivity contribution in [3.8, 4) is 0 Å². The van der Waals surface area contributed by atoms with Crippen LogP contribution in [0.2, 0.25) is 0 Å². The predicted octanol–water partition coefficient (Wildman–Crippen LogP) is 2.98. The summed E-state index contributed by atoms with van der Waals surface area (Å²) >= 11 is 0. The average Bonchev–Trinajstić information content (AvgIpc) is 0. The number of hydrogen-bond donors (Lipinski definition) is 4. The molecule has 0 aliphatic heterocycles. The van der Waals surface area contributed by atoms with Crippen LogP contribution in [-0.2, 0) is 16.8 Å². The van der Waals surface area contributed by atoms with Crippen LogP contribution in [0.1, 0.15) is 22.3 Å². The van der Waals surface area contributed by atoms with Gasteiger partial charge in [0.2, 0.25) is 0 Å². The molecule has 1 radical (unpaired) electrons. The third-order valence-corrected chi connectivity index (χ3v) is 0. The summed E-state index contributed by atoms with van der Waals surface area (Å²) in [4.78, 5) is 0. The van der Waals surface area contributed by atoms with Gasteiger partial charge in [-0.15, -0.1) is 12.4 Å². The zero-order valence-electron chi connectivity index (χ0n) is 3.57. The molecular formula is C3H25ClCoN4. The van der Waals surface area contributed by atoms with E-state index in [1.54, 1.807) is 0 Å². The van der Waals surface area contributed by atoms with Crippen molar-refractivity contribution < 1.29 is 16.8 Å². The van der Waals surface area contributed by atoms with E-state index < -0.39 is 0 Å². The van der Waals surface area contributed by atoms with Gasteiger partial charge in [0.25, 0.3) is 0 Å². The van der Waals surface area contributed by atoms with E-state index in [2.05, 4.69) is 0 Å². The molecule has 0 aromatic rings. The Balaban J connectivity index is 0. The van der Waals surface area contributed by atoms with Crippen LogP contribution < -0.4 is 24.6 Å². The van der Waals surface area contributed by atoms with E-state index in [9.17, 15) is 0 Å². The van der Waals surface area contributed by atoms with E-state index in [4.69, 9.17) is 0 Å². The van der Waals surface area contributed by atoms with Crippen molar-refractivity contribution >= 4 is 12.4 Å². The van der Waals surface area contributed by atoms with Crippen LogP contribution in [0.25, 0.3) is 0 Å². The maximum Gasteiger partial charge on any atom is 0 e. The molecule has 0 saturated heterocycles. The first-order chi connectivity index (χ1) is 0. The normalized spacial score (nSPS) is 0. The quantitative estimate of drug-likeness (QED) is 0.489. The Morgan fingerprint density at radius 1 is 0.444 bits per heavy atom. The van der Waals surface area contributed by atoms with Gasteiger partial charge in [0.15, 0.2) is 0 Å². The van der Waals surface area contributed by atoms with Gasteiger partial charge in [-0.1, -0.05) is 22.3 Å². The molecule has 0 spiro atoms. The fourth-order valence-corrected chi connectivity index (χ4v) is 0. The van der Waals surface area contributed by atoms with Gasteiger partial charge in [0.05, 0.1) is 0 Å². The summed E-state index contributed by atoms with van der Waals surface area (Å²) in [5.74, 6) is 0. The van der Waals surface area contributed by atoms with Crippen LogP contribution in [-0.4, -0.2) is 0 Å². The second-order valence-electron chi connectivity index (χ2n) is 0. The maximum atomic E-state index is 0. The minimum Gasteiger partial charge on any atom is -0.344 e. The molecule has 4 nitrogen and oxygen atoms in total. The molecule has 0 bridgehead atoms. The van der Waals surface area contributed by atoms with E-state index in [1.807, 2.05) is 0 Å². The summed E-state index contributed by atoms with van der Waals surface area (Å²) < 4.78 is 0. The van der Waals surface area contributed by atoms with Gasteiger partial charge in [-0.3, -0.25) is 0 Å². The Kier molecular flexibility index (Phi) is 245000. The second-order valence-corrected chi connectivity index (χ2v) is 0. The minimum atomic E-state index is 0. The number of halogens is 1. The summed E-state index contributed by atoms with van der Waals surface area (Å²) in [6.45, 7) is 0. The van der Waals surface area contributed by atoms with Crippen molar-refractivity contribution in [2.75, 3.05) is 0 Å². The molecule has 0 fully saturated rings. The number of rotatable bonds is 0. The Labute approximate surface area is 76.5 Å². The molecule has 0 unspecified atom stereocenters. The fourth-order valence-electron chi connectivity index (χ4n) is 0. The molecule has 0 heterocycles. The van der Waals surface area contributed by atoms with E-state index in [1.165, 1.54) is 0 Å². The molecule has 0 rings (SSSR count). The zero-order valence-corrected chi connectivity index (χ0v) is 5.43. The summed E-state index contributed by atoms with van der Waals surface area (Å²) in [5.41, 5.74) is 0. The molecule has 0 aromatic heterocycles. The van der Waals surface area contributed by atoms with Crippen LogP contribution in [0.15, 0.2) is 0 Å². The molecule has 0 atom stereocenters.